The number of fused-ring (bicyclic) bond motifs is 1. The monoisotopic (exact) mass is 542 g/mol. The largest absolute Gasteiger partial charge is 0.435 e. The molecule has 1 aliphatic heterocycles. The molecule has 3 heterocycles. The van der Waals surface area contributed by atoms with Crippen LogP contribution in [0, 0.1) is 0 Å². The SMILES string of the molecule is Cn1cc(C(=O)N[C@@H]2CCN(C(=O)c3cc(Cl)c4nccnc4c3)C[C@@H]2c2ccccc2)c(C(F)(F)F)n1. The van der Waals surface area contributed by atoms with Gasteiger partial charge in [-0.2, -0.15) is 18.3 Å². The number of carbonyl (C=O) groups excluding carboxylic acids is 2. The first kappa shape index (κ1) is 25.7. The number of likely N-dealkylation sites (tertiary alicyclic amines) is 1. The van der Waals surface area contributed by atoms with Crippen molar-refractivity contribution in [1.29, 1.82) is 0 Å². The van der Waals surface area contributed by atoms with Gasteiger partial charge in [-0.05, 0) is 24.1 Å². The Kier molecular flexibility index (Phi) is 6.78. The molecule has 8 nitrogen and oxygen atoms in total. The van der Waals surface area contributed by atoms with Gasteiger partial charge in [0.15, 0.2) is 5.69 Å². The molecule has 2 aromatic carbocycles. The highest BCUT2D eigenvalue weighted by Crippen LogP contribution is 2.33. The number of hydrogen-bond donors (Lipinski definition) is 1. The predicted octanol–water partition coefficient (Wildman–Crippen LogP) is 4.46. The zero-order chi connectivity index (χ0) is 27.0. The van der Waals surface area contributed by atoms with Gasteiger partial charge in [0.1, 0.15) is 5.52 Å². The zero-order valence-corrected chi connectivity index (χ0v) is 20.9. The molecule has 0 radical (unpaired) electrons. The average molecular weight is 543 g/mol. The summed E-state index contributed by atoms with van der Waals surface area (Å²) in [6.45, 7) is 0.519. The topological polar surface area (TPSA) is 93.0 Å². The van der Waals surface area contributed by atoms with E-state index in [1.54, 1.807) is 17.0 Å². The molecule has 5 rings (SSSR count). The van der Waals surface area contributed by atoms with Crippen LogP contribution in [0.1, 0.15) is 44.3 Å². The number of nitrogens with zero attached hydrogens (tertiary/aromatic N) is 5. The lowest BCUT2D eigenvalue weighted by molar-refractivity contribution is -0.141. The van der Waals surface area contributed by atoms with E-state index < -0.39 is 29.4 Å². The fourth-order valence-electron chi connectivity index (χ4n) is 4.80. The highest BCUT2D eigenvalue weighted by Gasteiger charge is 2.40. The minimum Gasteiger partial charge on any atom is -0.348 e. The van der Waals surface area contributed by atoms with Crippen molar-refractivity contribution < 1.29 is 22.8 Å². The van der Waals surface area contributed by atoms with Crippen LogP contribution in [0.4, 0.5) is 13.2 Å². The van der Waals surface area contributed by atoms with E-state index in [0.29, 0.717) is 28.0 Å². The maximum atomic E-state index is 13.5. The Hall–Kier alpha value is -3.99. The summed E-state index contributed by atoms with van der Waals surface area (Å²) < 4.78 is 41.3. The molecule has 0 bridgehead atoms. The van der Waals surface area contributed by atoms with Crippen molar-refractivity contribution in [2.45, 2.75) is 24.6 Å². The van der Waals surface area contributed by atoms with E-state index in [2.05, 4.69) is 20.4 Å². The van der Waals surface area contributed by atoms with Gasteiger partial charge in [0.05, 0.1) is 16.1 Å². The molecule has 4 aromatic rings. The molecule has 1 saturated heterocycles. The molecule has 196 valence electrons. The summed E-state index contributed by atoms with van der Waals surface area (Å²) in [6.07, 6.45) is -0.351. The Morgan fingerprint density at radius 3 is 2.58 bits per heavy atom. The Labute approximate surface area is 220 Å². The van der Waals surface area contributed by atoms with Crippen molar-refractivity contribution in [3.8, 4) is 0 Å². The molecule has 0 aliphatic carbocycles. The van der Waals surface area contributed by atoms with E-state index in [1.807, 2.05) is 30.3 Å². The standard InChI is InChI=1S/C26H22ClF3N6O2/c1-35-13-18(23(34-35)26(28,29)30)24(37)33-20-7-10-36(14-17(20)15-5-3-2-4-6-15)25(38)16-11-19(27)22-21(12-16)31-8-9-32-22/h2-6,8-9,11-13,17,20H,7,10,14H2,1H3,(H,33,37)/t17-,20-/m1/s1. The predicted molar refractivity (Wildman–Crippen MR) is 134 cm³/mol. The number of aryl methyl sites for hydroxylation is 1. The fourth-order valence-corrected chi connectivity index (χ4v) is 5.06. The van der Waals surface area contributed by atoms with Crippen LogP contribution >= 0.6 is 11.6 Å². The van der Waals surface area contributed by atoms with Crippen LogP contribution in [-0.4, -0.2) is 55.6 Å². The van der Waals surface area contributed by atoms with Crippen molar-refractivity contribution >= 4 is 34.4 Å². The van der Waals surface area contributed by atoms with Crippen LogP contribution in [-0.2, 0) is 13.2 Å². The molecular weight excluding hydrogens is 521 g/mol. The first-order valence-electron chi connectivity index (χ1n) is 11.8. The molecule has 1 aliphatic rings. The molecule has 0 saturated carbocycles. The summed E-state index contributed by atoms with van der Waals surface area (Å²) in [5, 5.41) is 6.50. The van der Waals surface area contributed by atoms with Crippen molar-refractivity contribution in [2.75, 3.05) is 13.1 Å². The third-order valence-corrected chi connectivity index (χ3v) is 6.85. The second-order valence-electron chi connectivity index (χ2n) is 9.08. The van der Waals surface area contributed by atoms with Crippen LogP contribution in [0.25, 0.3) is 11.0 Å². The van der Waals surface area contributed by atoms with E-state index in [0.717, 1.165) is 16.4 Å². The van der Waals surface area contributed by atoms with Crippen molar-refractivity contribution in [2.24, 2.45) is 7.05 Å². The maximum Gasteiger partial charge on any atom is 0.435 e. The van der Waals surface area contributed by atoms with Gasteiger partial charge < -0.3 is 10.2 Å². The molecule has 38 heavy (non-hydrogen) atoms. The molecule has 0 spiro atoms. The number of aromatic nitrogens is 4. The number of alkyl halides is 3. The summed E-state index contributed by atoms with van der Waals surface area (Å²) in [4.78, 5) is 36.6. The number of amides is 2. The molecule has 12 heteroatoms. The smallest absolute Gasteiger partial charge is 0.348 e. The Morgan fingerprint density at radius 2 is 1.84 bits per heavy atom. The van der Waals surface area contributed by atoms with Crippen LogP contribution in [0.2, 0.25) is 5.02 Å². The molecule has 2 atom stereocenters. The molecule has 2 aromatic heterocycles. The van der Waals surface area contributed by atoms with E-state index >= 15 is 0 Å². The fraction of sp³-hybridized carbons (Fsp3) is 0.269. The Morgan fingerprint density at radius 1 is 1.11 bits per heavy atom. The van der Waals surface area contributed by atoms with Gasteiger partial charge in [-0.15, -0.1) is 0 Å². The average Bonchev–Trinajstić information content (AvgIpc) is 3.31. The van der Waals surface area contributed by atoms with E-state index in [1.165, 1.54) is 19.4 Å². The van der Waals surface area contributed by atoms with Gasteiger partial charge >= 0.3 is 6.18 Å². The van der Waals surface area contributed by atoms with Crippen molar-refractivity contribution in [1.82, 2.24) is 30.0 Å². The number of nitrogens with one attached hydrogen (secondary N) is 1. The molecule has 1 N–H and O–H groups in total. The summed E-state index contributed by atoms with van der Waals surface area (Å²) in [5.74, 6) is -1.49. The van der Waals surface area contributed by atoms with Crippen LogP contribution in [0.15, 0.2) is 61.1 Å². The third kappa shape index (κ3) is 5.06. The van der Waals surface area contributed by atoms with Gasteiger partial charge in [0, 0.05) is 56.3 Å². The number of rotatable bonds is 4. The van der Waals surface area contributed by atoms with Crippen LogP contribution in [0.3, 0.4) is 0 Å². The quantitative estimate of drug-likeness (QED) is 0.411. The van der Waals surface area contributed by atoms with Gasteiger partial charge in [0.2, 0.25) is 0 Å². The van der Waals surface area contributed by atoms with Crippen LogP contribution < -0.4 is 5.32 Å². The minimum atomic E-state index is -4.77. The highest BCUT2D eigenvalue weighted by atomic mass is 35.5. The van der Waals surface area contributed by atoms with E-state index in [4.69, 9.17) is 11.6 Å². The number of benzene rings is 2. The van der Waals surface area contributed by atoms with Crippen LogP contribution in [0.5, 0.6) is 0 Å². The van der Waals surface area contributed by atoms with Gasteiger partial charge in [-0.25, -0.2) is 0 Å². The lowest BCUT2D eigenvalue weighted by atomic mass is 9.85. The van der Waals surface area contributed by atoms with Gasteiger partial charge in [-0.1, -0.05) is 41.9 Å². The van der Waals surface area contributed by atoms with Gasteiger partial charge in [0.25, 0.3) is 11.8 Å². The number of piperidine rings is 1. The first-order chi connectivity index (χ1) is 18.1. The van der Waals surface area contributed by atoms with Crippen molar-refractivity contribution in [3.63, 3.8) is 0 Å². The molecule has 1 fully saturated rings. The van der Waals surface area contributed by atoms with E-state index in [-0.39, 0.29) is 24.9 Å². The number of hydrogen-bond acceptors (Lipinski definition) is 5. The van der Waals surface area contributed by atoms with E-state index in [9.17, 15) is 22.8 Å². The maximum absolute atomic E-state index is 13.5. The zero-order valence-electron chi connectivity index (χ0n) is 20.1. The Balaban J connectivity index is 1.41. The summed E-state index contributed by atoms with van der Waals surface area (Å²) in [5.41, 5.74) is 0.391. The van der Waals surface area contributed by atoms with Crippen molar-refractivity contribution in [3.05, 3.63) is 88.5 Å². The minimum absolute atomic E-state index is 0.239. The normalized spacial score (nSPS) is 18.0. The van der Waals surface area contributed by atoms with Gasteiger partial charge in [-0.3, -0.25) is 24.2 Å². The second-order valence-corrected chi connectivity index (χ2v) is 9.49. The lowest BCUT2D eigenvalue weighted by Gasteiger charge is -2.39. The summed E-state index contributed by atoms with van der Waals surface area (Å²) >= 11 is 6.35. The second kappa shape index (κ2) is 10.1. The third-order valence-electron chi connectivity index (χ3n) is 6.56. The Bertz CT molecular complexity index is 1510. The highest BCUT2D eigenvalue weighted by molar-refractivity contribution is 6.35. The lowest BCUT2D eigenvalue weighted by Crippen LogP contribution is -2.51. The molecule has 0 unspecified atom stereocenters. The summed E-state index contributed by atoms with van der Waals surface area (Å²) in [7, 11) is 1.33. The number of halogens is 4. The number of carbonyl (C=O) groups is 2. The molecular formula is C26H22ClF3N6O2. The molecule has 2 amide bonds. The summed E-state index contributed by atoms with van der Waals surface area (Å²) in [6, 6.07) is 11.9. The first-order valence-corrected chi connectivity index (χ1v) is 12.2.